The molecule has 1 aromatic carbocycles. The van der Waals surface area contributed by atoms with Crippen LogP contribution in [0.15, 0.2) is 41.0 Å². The fourth-order valence-electron chi connectivity index (χ4n) is 1.98. The Morgan fingerprint density at radius 2 is 2.05 bits per heavy atom. The quantitative estimate of drug-likeness (QED) is 0.872. The summed E-state index contributed by atoms with van der Waals surface area (Å²) in [6.45, 7) is 5.79. The Morgan fingerprint density at radius 3 is 2.68 bits per heavy atom. The molecule has 0 aliphatic carbocycles. The van der Waals surface area contributed by atoms with Gasteiger partial charge in [-0.25, -0.2) is 4.98 Å². The second kappa shape index (κ2) is 6.06. The second-order valence-electron chi connectivity index (χ2n) is 4.53. The Morgan fingerprint density at radius 1 is 1.32 bits per heavy atom. The van der Waals surface area contributed by atoms with Gasteiger partial charge in [0.15, 0.2) is 0 Å². The normalized spacial score (nSPS) is 10.5. The largest absolute Gasteiger partial charge is 0.398 e. The summed E-state index contributed by atoms with van der Waals surface area (Å²) in [4.78, 5) is 6.72. The third-order valence-electron chi connectivity index (χ3n) is 3.06. The molecular weight excluding hydrogens is 302 g/mol. The van der Waals surface area contributed by atoms with Crippen LogP contribution in [0.5, 0.6) is 0 Å². The molecule has 0 atom stereocenters. The molecule has 4 heteroatoms. The van der Waals surface area contributed by atoms with E-state index in [0.29, 0.717) is 0 Å². The van der Waals surface area contributed by atoms with Gasteiger partial charge in [-0.1, -0.05) is 18.2 Å². The lowest BCUT2D eigenvalue weighted by atomic mass is 10.1. The number of halogens is 1. The predicted octanol–water partition coefficient (Wildman–Crippen LogP) is 3.76. The summed E-state index contributed by atoms with van der Waals surface area (Å²) >= 11 is 3.59. The lowest BCUT2D eigenvalue weighted by Crippen LogP contribution is -2.24. The number of anilines is 2. The van der Waals surface area contributed by atoms with Gasteiger partial charge in [0.25, 0.3) is 0 Å². The van der Waals surface area contributed by atoms with Gasteiger partial charge in [-0.3, -0.25) is 0 Å². The van der Waals surface area contributed by atoms with Crippen LogP contribution in [0.1, 0.15) is 18.1 Å². The zero-order chi connectivity index (χ0) is 13.8. The minimum absolute atomic E-state index is 0.762. The molecule has 2 aromatic rings. The van der Waals surface area contributed by atoms with E-state index in [1.807, 2.05) is 31.3 Å². The number of para-hydroxylation sites is 1. The van der Waals surface area contributed by atoms with E-state index in [-0.39, 0.29) is 0 Å². The Bertz CT molecular complexity index is 569. The molecule has 0 saturated carbocycles. The SMILES string of the molecule is CCN(Cc1ccccc1N)c1ncc(C)cc1Br. The number of rotatable bonds is 4. The van der Waals surface area contributed by atoms with Crippen LogP contribution in [0.2, 0.25) is 0 Å². The lowest BCUT2D eigenvalue weighted by Gasteiger charge is -2.24. The zero-order valence-electron chi connectivity index (χ0n) is 11.2. The minimum atomic E-state index is 0.762. The Kier molecular flexibility index (Phi) is 4.43. The number of hydrogen-bond donors (Lipinski definition) is 1. The van der Waals surface area contributed by atoms with Crippen molar-refractivity contribution in [1.82, 2.24) is 4.98 Å². The van der Waals surface area contributed by atoms with Gasteiger partial charge in [0.2, 0.25) is 0 Å². The third kappa shape index (κ3) is 3.26. The van der Waals surface area contributed by atoms with Crippen molar-refractivity contribution in [3.8, 4) is 0 Å². The third-order valence-corrected chi connectivity index (χ3v) is 3.64. The van der Waals surface area contributed by atoms with Crippen LogP contribution >= 0.6 is 15.9 Å². The van der Waals surface area contributed by atoms with Gasteiger partial charge >= 0.3 is 0 Å². The maximum absolute atomic E-state index is 6.01. The summed E-state index contributed by atoms with van der Waals surface area (Å²) in [5, 5.41) is 0. The number of nitrogen functional groups attached to an aromatic ring is 1. The van der Waals surface area contributed by atoms with Gasteiger partial charge in [0.1, 0.15) is 5.82 Å². The second-order valence-corrected chi connectivity index (χ2v) is 5.39. The molecule has 0 saturated heterocycles. The van der Waals surface area contributed by atoms with E-state index in [0.717, 1.165) is 40.2 Å². The van der Waals surface area contributed by atoms with Crippen LogP contribution in [0.4, 0.5) is 11.5 Å². The number of nitrogens with zero attached hydrogens (tertiary/aromatic N) is 2. The smallest absolute Gasteiger partial charge is 0.143 e. The number of nitrogens with two attached hydrogens (primary N) is 1. The molecule has 19 heavy (non-hydrogen) atoms. The van der Waals surface area contributed by atoms with Gasteiger partial charge in [-0.15, -0.1) is 0 Å². The molecule has 2 N–H and O–H groups in total. The van der Waals surface area contributed by atoms with E-state index in [9.17, 15) is 0 Å². The standard InChI is InChI=1S/C15H18BrN3/c1-3-19(10-12-6-4-5-7-14(12)17)15-13(16)8-11(2)9-18-15/h4-9H,3,10,17H2,1-2H3. The van der Waals surface area contributed by atoms with E-state index in [2.05, 4.69) is 44.9 Å². The maximum atomic E-state index is 6.01. The molecule has 0 spiro atoms. The monoisotopic (exact) mass is 319 g/mol. The first-order valence-electron chi connectivity index (χ1n) is 6.32. The molecule has 0 bridgehead atoms. The Labute approximate surface area is 122 Å². The average molecular weight is 320 g/mol. The van der Waals surface area contributed by atoms with Crippen LogP contribution in [0.3, 0.4) is 0 Å². The summed E-state index contributed by atoms with van der Waals surface area (Å²) in [6, 6.07) is 10.0. The fraction of sp³-hybridized carbons (Fsp3) is 0.267. The number of benzene rings is 1. The molecule has 2 rings (SSSR count). The highest BCUT2D eigenvalue weighted by atomic mass is 79.9. The molecule has 1 aromatic heterocycles. The molecule has 0 fully saturated rings. The van der Waals surface area contributed by atoms with Gasteiger partial charge in [0.05, 0.1) is 4.47 Å². The highest BCUT2D eigenvalue weighted by molar-refractivity contribution is 9.10. The first-order chi connectivity index (χ1) is 9.11. The molecule has 100 valence electrons. The van der Waals surface area contributed by atoms with Crippen molar-refractivity contribution in [2.24, 2.45) is 0 Å². The van der Waals surface area contributed by atoms with Crippen molar-refractivity contribution in [1.29, 1.82) is 0 Å². The van der Waals surface area contributed by atoms with Crippen LogP contribution in [0, 0.1) is 6.92 Å². The van der Waals surface area contributed by atoms with E-state index < -0.39 is 0 Å². The molecule has 0 aliphatic rings. The number of aromatic nitrogens is 1. The molecule has 0 aliphatic heterocycles. The van der Waals surface area contributed by atoms with Gasteiger partial charge < -0.3 is 10.6 Å². The van der Waals surface area contributed by atoms with E-state index >= 15 is 0 Å². The molecule has 0 amide bonds. The van der Waals surface area contributed by atoms with Crippen molar-refractivity contribution < 1.29 is 0 Å². The number of aryl methyl sites for hydroxylation is 1. The van der Waals surface area contributed by atoms with Crippen LogP contribution < -0.4 is 10.6 Å². The van der Waals surface area contributed by atoms with Gasteiger partial charge in [0, 0.05) is 25.0 Å². The first kappa shape index (κ1) is 13.9. The molecule has 1 heterocycles. The van der Waals surface area contributed by atoms with Crippen molar-refractivity contribution in [3.63, 3.8) is 0 Å². The average Bonchev–Trinajstić information content (AvgIpc) is 2.39. The molecule has 0 radical (unpaired) electrons. The number of hydrogen-bond acceptors (Lipinski definition) is 3. The zero-order valence-corrected chi connectivity index (χ0v) is 12.8. The summed E-state index contributed by atoms with van der Waals surface area (Å²) in [5.41, 5.74) is 9.10. The van der Waals surface area contributed by atoms with Crippen LogP contribution in [-0.4, -0.2) is 11.5 Å². The summed E-state index contributed by atoms with van der Waals surface area (Å²) < 4.78 is 1.02. The maximum Gasteiger partial charge on any atom is 0.143 e. The summed E-state index contributed by atoms with van der Waals surface area (Å²) in [7, 11) is 0. The fourth-order valence-corrected chi connectivity index (χ4v) is 2.69. The van der Waals surface area contributed by atoms with Gasteiger partial charge in [-0.2, -0.15) is 0 Å². The van der Waals surface area contributed by atoms with E-state index in [1.54, 1.807) is 0 Å². The summed E-state index contributed by atoms with van der Waals surface area (Å²) in [6.07, 6.45) is 1.89. The van der Waals surface area contributed by atoms with E-state index in [4.69, 9.17) is 5.73 Å². The topological polar surface area (TPSA) is 42.1 Å². The van der Waals surface area contributed by atoms with Crippen LogP contribution in [-0.2, 0) is 6.54 Å². The van der Waals surface area contributed by atoms with Crippen molar-refractivity contribution >= 4 is 27.4 Å². The lowest BCUT2D eigenvalue weighted by molar-refractivity contribution is 0.811. The summed E-state index contributed by atoms with van der Waals surface area (Å²) in [5.74, 6) is 0.955. The number of pyridine rings is 1. The van der Waals surface area contributed by atoms with Crippen LogP contribution in [0.25, 0.3) is 0 Å². The molecule has 3 nitrogen and oxygen atoms in total. The first-order valence-corrected chi connectivity index (χ1v) is 7.11. The predicted molar refractivity (Wildman–Crippen MR) is 84.3 cm³/mol. The minimum Gasteiger partial charge on any atom is -0.398 e. The molecule has 0 unspecified atom stereocenters. The van der Waals surface area contributed by atoms with Crippen molar-refractivity contribution in [3.05, 3.63) is 52.1 Å². The Balaban J connectivity index is 2.28. The highest BCUT2D eigenvalue weighted by Gasteiger charge is 2.11. The molecular formula is C15H18BrN3. The highest BCUT2D eigenvalue weighted by Crippen LogP contribution is 2.26. The van der Waals surface area contributed by atoms with Crippen molar-refractivity contribution in [2.75, 3.05) is 17.2 Å². The Hall–Kier alpha value is -1.55. The van der Waals surface area contributed by atoms with E-state index in [1.165, 1.54) is 0 Å². The van der Waals surface area contributed by atoms with Gasteiger partial charge in [-0.05, 0) is 53.0 Å². The van der Waals surface area contributed by atoms with Crippen molar-refractivity contribution in [2.45, 2.75) is 20.4 Å².